The van der Waals surface area contributed by atoms with Gasteiger partial charge in [-0.2, -0.15) is 0 Å². The normalized spacial score (nSPS) is 17.1. The number of amides is 1. The predicted octanol–water partition coefficient (Wildman–Crippen LogP) is 2.33. The van der Waals surface area contributed by atoms with Gasteiger partial charge in [0.15, 0.2) is 0 Å². The van der Waals surface area contributed by atoms with E-state index in [-0.39, 0.29) is 23.2 Å². The molecule has 1 saturated heterocycles. The monoisotopic (exact) mass is 322 g/mol. The lowest BCUT2D eigenvalue weighted by atomic mass is 9.78. The fraction of sp³-hybridized carbons (Fsp3) is 0.611. The zero-order valence-electron chi connectivity index (χ0n) is 14.3. The molecular weight excluding hydrogens is 295 g/mol. The molecule has 5 heteroatoms. The first-order chi connectivity index (χ1) is 10.9. The second kappa shape index (κ2) is 7.88. The molecule has 1 amide bonds. The lowest BCUT2D eigenvalue weighted by Crippen LogP contribution is -2.45. The van der Waals surface area contributed by atoms with E-state index in [0.29, 0.717) is 39.3 Å². The summed E-state index contributed by atoms with van der Waals surface area (Å²) >= 11 is 0. The van der Waals surface area contributed by atoms with Crippen molar-refractivity contribution in [3.05, 3.63) is 35.6 Å². The molecule has 1 heterocycles. The summed E-state index contributed by atoms with van der Waals surface area (Å²) in [7, 11) is 0. The number of carbonyl (C=O) groups is 1. The van der Waals surface area contributed by atoms with Crippen molar-refractivity contribution in [1.82, 2.24) is 10.2 Å². The van der Waals surface area contributed by atoms with E-state index in [1.165, 1.54) is 12.1 Å². The van der Waals surface area contributed by atoms with Gasteiger partial charge in [-0.05, 0) is 24.6 Å². The molecule has 0 bridgehead atoms. The highest BCUT2D eigenvalue weighted by atomic mass is 19.1. The summed E-state index contributed by atoms with van der Waals surface area (Å²) in [5, 5.41) is 3.43. The number of morpholine rings is 1. The maximum Gasteiger partial charge on any atom is 0.224 e. The summed E-state index contributed by atoms with van der Waals surface area (Å²) in [4.78, 5) is 14.0. The highest BCUT2D eigenvalue weighted by molar-refractivity contribution is 5.76. The molecule has 0 radical (unpaired) electrons. The molecule has 23 heavy (non-hydrogen) atoms. The lowest BCUT2D eigenvalue weighted by Gasteiger charge is -2.33. The average molecular weight is 322 g/mol. The molecular formula is C18H27FN2O2. The number of carbonyl (C=O) groups excluding carboxylic acids is 1. The Kier molecular flexibility index (Phi) is 6.13. The molecule has 4 nitrogen and oxygen atoms in total. The van der Waals surface area contributed by atoms with E-state index < -0.39 is 0 Å². The third-order valence-electron chi connectivity index (χ3n) is 4.82. The van der Waals surface area contributed by atoms with Gasteiger partial charge in [-0.3, -0.25) is 4.79 Å². The molecule has 0 unspecified atom stereocenters. The Hall–Kier alpha value is -1.46. The number of nitrogens with one attached hydrogen (secondary N) is 1. The van der Waals surface area contributed by atoms with Crippen molar-refractivity contribution < 1.29 is 13.9 Å². The molecule has 0 aliphatic carbocycles. The maximum absolute atomic E-state index is 13.1. The largest absolute Gasteiger partial charge is 0.378 e. The number of halogens is 1. The Morgan fingerprint density at radius 3 is 2.52 bits per heavy atom. The number of hydrogen-bond donors (Lipinski definition) is 1. The van der Waals surface area contributed by atoms with Gasteiger partial charge >= 0.3 is 0 Å². The highest BCUT2D eigenvalue weighted by Gasteiger charge is 2.28. The molecule has 1 aromatic rings. The second-order valence-electron chi connectivity index (χ2n) is 6.65. The number of hydrogen-bond acceptors (Lipinski definition) is 3. The molecule has 0 aromatic heterocycles. The third kappa shape index (κ3) is 4.75. The molecule has 0 saturated carbocycles. The standard InChI is InChI=1S/C18H27FN2O2/c1-14(18(2,3)15-4-6-16(19)7-5-15)20-9-8-17(22)21-10-12-23-13-11-21/h4-7,14,20H,8-13H2,1-3H3/t14-/m0/s1. The number of rotatable bonds is 6. The Bertz CT molecular complexity index is 510. The Balaban J connectivity index is 1.82. The molecule has 1 N–H and O–H groups in total. The van der Waals surface area contributed by atoms with Crippen molar-refractivity contribution in [2.75, 3.05) is 32.8 Å². The first-order valence-corrected chi connectivity index (χ1v) is 8.26. The SMILES string of the molecule is C[C@H](NCCC(=O)N1CCOCC1)C(C)(C)c1ccc(F)cc1. The van der Waals surface area contributed by atoms with E-state index in [4.69, 9.17) is 4.74 Å². The first kappa shape index (κ1) is 17.9. The van der Waals surface area contributed by atoms with Gasteiger partial charge in [0.05, 0.1) is 13.2 Å². The van der Waals surface area contributed by atoms with Crippen LogP contribution in [0.3, 0.4) is 0 Å². The lowest BCUT2D eigenvalue weighted by molar-refractivity contribution is -0.135. The van der Waals surface area contributed by atoms with Crippen LogP contribution in [-0.4, -0.2) is 49.7 Å². The van der Waals surface area contributed by atoms with Crippen LogP contribution in [0.1, 0.15) is 32.8 Å². The zero-order valence-corrected chi connectivity index (χ0v) is 14.3. The van der Waals surface area contributed by atoms with E-state index in [2.05, 4.69) is 26.1 Å². The fourth-order valence-electron chi connectivity index (χ4n) is 2.75. The smallest absolute Gasteiger partial charge is 0.224 e. The Morgan fingerprint density at radius 2 is 1.91 bits per heavy atom. The summed E-state index contributed by atoms with van der Waals surface area (Å²) in [6, 6.07) is 6.81. The minimum atomic E-state index is -0.221. The van der Waals surface area contributed by atoms with Crippen molar-refractivity contribution in [1.29, 1.82) is 0 Å². The molecule has 1 aliphatic rings. The van der Waals surface area contributed by atoms with Crippen molar-refractivity contribution in [2.45, 2.75) is 38.6 Å². The Morgan fingerprint density at radius 1 is 1.30 bits per heavy atom. The molecule has 2 rings (SSSR count). The van der Waals surface area contributed by atoms with Gasteiger partial charge in [0.1, 0.15) is 5.82 Å². The van der Waals surface area contributed by atoms with Crippen LogP contribution >= 0.6 is 0 Å². The van der Waals surface area contributed by atoms with Crippen LogP contribution in [0, 0.1) is 5.82 Å². The third-order valence-corrected chi connectivity index (χ3v) is 4.82. The summed E-state index contributed by atoms with van der Waals surface area (Å²) in [6.45, 7) is 9.64. The van der Waals surface area contributed by atoms with Gasteiger partial charge < -0.3 is 15.0 Å². The van der Waals surface area contributed by atoms with E-state index in [1.807, 2.05) is 17.0 Å². The molecule has 1 fully saturated rings. The summed E-state index contributed by atoms with van der Waals surface area (Å²) < 4.78 is 18.3. The van der Waals surface area contributed by atoms with Crippen molar-refractivity contribution in [3.8, 4) is 0 Å². The minimum absolute atomic E-state index is 0.143. The van der Waals surface area contributed by atoms with Crippen molar-refractivity contribution >= 4 is 5.91 Å². The molecule has 1 atom stereocenters. The fourth-order valence-corrected chi connectivity index (χ4v) is 2.75. The Labute approximate surface area is 138 Å². The van der Waals surface area contributed by atoms with Crippen LogP contribution in [-0.2, 0) is 14.9 Å². The van der Waals surface area contributed by atoms with E-state index in [9.17, 15) is 9.18 Å². The highest BCUT2D eigenvalue weighted by Crippen LogP contribution is 2.27. The van der Waals surface area contributed by atoms with Crippen LogP contribution in [0.4, 0.5) is 4.39 Å². The second-order valence-corrected chi connectivity index (χ2v) is 6.65. The molecule has 0 spiro atoms. The van der Waals surface area contributed by atoms with Crippen LogP contribution in [0.5, 0.6) is 0 Å². The van der Waals surface area contributed by atoms with Crippen LogP contribution in [0.25, 0.3) is 0 Å². The van der Waals surface area contributed by atoms with Crippen LogP contribution in [0.15, 0.2) is 24.3 Å². The van der Waals surface area contributed by atoms with Crippen molar-refractivity contribution in [3.63, 3.8) is 0 Å². The maximum atomic E-state index is 13.1. The van der Waals surface area contributed by atoms with Crippen LogP contribution in [0.2, 0.25) is 0 Å². The number of ether oxygens (including phenoxy) is 1. The van der Waals surface area contributed by atoms with Gasteiger partial charge in [-0.1, -0.05) is 26.0 Å². The van der Waals surface area contributed by atoms with E-state index in [1.54, 1.807) is 0 Å². The number of nitrogens with zero attached hydrogens (tertiary/aromatic N) is 1. The zero-order chi connectivity index (χ0) is 16.9. The van der Waals surface area contributed by atoms with Gasteiger partial charge in [-0.25, -0.2) is 4.39 Å². The molecule has 1 aromatic carbocycles. The topological polar surface area (TPSA) is 41.6 Å². The molecule has 128 valence electrons. The van der Waals surface area contributed by atoms with Crippen molar-refractivity contribution in [2.24, 2.45) is 0 Å². The quantitative estimate of drug-likeness (QED) is 0.874. The number of benzene rings is 1. The van der Waals surface area contributed by atoms with Crippen LogP contribution < -0.4 is 5.32 Å². The van der Waals surface area contributed by atoms with Gasteiger partial charge in [0.25, 0.3) is 0 Å². The summed E-state index contributed by atoms with van der Waals surface area (Å²) in [5.41, 5.74) is 0.939. The summed E-state index contributed by atoms with van der Waals surface area (Å²) in [6.07, 6.45) is 0.490. The van der Waals surface area contributed by atoms with Gasteiger partial charge in [0, 0.05) is 37.5 Å². The first-order valence-electron chi connectivity index (χ1n) is 8.26. The predicted molar refractivity (Wildman–Crippen MR) is 88.9 cm³/mol. The van der Waals surface area contributed by atoms with Gasteiger partial charge in [0.2, 0.25) is 5.91 Å². The van der Waals surface area contributed by atoms with E-state index >= 15 is 0 Å². The average Bonchev–Trinajstić information content (AvgIpc) is 2.55. The molecule has 1 aliphatic heterocycles. The minimum Gasteiger partial charge on any atom is -0.378 e. The van der Waals surface area contributed by atoms with E-state index in [0.717, 1.165) is 5.56 Å². The summed E-state index contributed by atoms with van der Waals surface area (Å²) in [5.74, 6) is -0.0474. The van der Waals surface area contributed by atoms with Gasteiger partial charge in [-0.15, -0.1) is 0 Å².